The van der Waals surface area contributed by atoms with Gasteiger partial charge in [0.05, 0.1) is 13.5 Å². The number of anilines is 1. The summed E-state index contributed by atoms with van der Waals surface area (Å²) in [7, 11) is 1.34. The van der Waals surface area contributed by atoms with E-state index in [9.17, 15) is 14.4 Å². The lowest BCUT2D eigenvalue weighted by molar-refractivity contribution is -0.152. The molecule has 0 saturated carbocycles. The van der Waals surface area contributed by atoms with Gasteiger partial charge >= 0.3 is 11.9 Å². The number of piperidine rings is 1. The first-order chi connectivity index (χ1) is 12.9. The van der Waals surface area contributed by atoms with E-state index in [1.165, 1.54) is 7.11 Å². The standard InChI is InChI=1S/C20H28N2O5.ClH/c1-4-17(23)22(16-8-6-5-7-9-16)20(19(26)27-3)11-13-21(15(2)14-20)12-10-18(24)25;/h5-9,15H,4,10-14H2,1-3H3,(H,24,25);1H. The topological polar surface area (TPSA) is 87.2 Å². The van der Waals surface area contributed by atoms with Gasteiger partial charge in [0.25, 0.3) is 0 Å². The van der Waals surface area contributed by atoms with E-state index < -0.39 is 17.5 Å². The summed E-state index contributed by atoms with van der Waals surface area (Å²) < 4.78 is 5.13. The Kier molecular flexibility index (Phi) is 8.91. The molecule has 2 atom stereocenters. The van der Waals surface area contributed by atoms with E-state index in [2.05, 4.69) is 4.90 Å². The highest BCUT2D eigenvalue weighted by atomic mass is 35.5. The summed E-state index contributed by atoms with van der Waals surface area (Å²) in [6.07, 6.45) is 1.10. The van der Waals surface area contributed by atoms with Gasteiger partial charge in [0.2, 0.25) is 5.91 Å². The van der Waals surface area contributed by atoms with Crippen molar-refractivity contribution in [3.05, 3.63) is 30.3 Å². The number of carboxylic acids is 1. The SMILES string of the molecule is CCC(=O)N(c1ccccc1)C1(C(=O)OC)CCN(CCC(=O)O)C(C)C1.Cl. The van der Waals surface area contributed by atoms with Crippen molar-refractivity contribution in [3.63, 3.8) is 0 Å². The number of hydrogen-bond acceptors (Lipinski definition) is 5. The van der Waals surface area contributed by atoms with Gasteiger partial charge in [0, 0.05) is 31.2 Å². The maximum Gasteiger partial charge on any atom is 0.332 e. The van der Waals surface area contributed by atoms with Crippen LogP contribution in [0.3, 0.4) is 0 Å². The zero-order chi connectivity index (χ0) is 20.0. The highest BCUT2D eigenvalue weighted by molar-refractivity contribution is 6.02. The van der Waals surface area contributed by atoms with Gasteiger partial charge in [-0.25, -0.2) is 4.79 Å². The molecule has 28 heavy (non-hydrogen) atoms. The summed E-state index contributed by atoms with van der Waals surface area (Å²) in [6, 6.07) is 9.11. The quantitative estimate of drug-likeness (QED) is 0.693. The minimum Gasteiger partial charge on any atom is -0.481 e. The van der Waals surface area contributed by atoms with Crippen LogP contribution in [0.4, 0.5) is 5.69 Å². The van der Waals surface area contributed by atoms with E-state index in [0.29, 0.717) is 31.6 Å². The van der Waals surface area contributed by atoms with Crippen molar-refractivity contribution in [1.29, 1.82) is 0 Å². The zero-order valence-electron chi connectivity index (χ0n) is 16.6. The monoisotopic (exact) mass is 412 g/mol. The Hall–Kier alpha value is -2.12. The number of benzene rings is 1. The van der Waals surface area contributed by atoms with Crippen LogP contribution < -0.4 is 4.90 Å². The summed E-state index contributed by atoms with van der Waals surface area (Å²) >= 11 is 0. The van der Waals surface area contributed by atoms with Crippen LogP contribution in [-0.2, 0) is 19.1 Å². The smallest absolute Gasteiger partial charge is 0.332 e. The first kappa shape index (κ1) is 23.9. The Labute approximate surface area is 172 Å². The molecule has 8 heteroatoms. The Balaban J connectivity index is 0.00000392. The summed E-state index contributed by atoms with van der Waals surface area (Å²) in [4.78, 5) is 40.3. The second-order valence-electron chi connectivity index (χ2n) is 6.92. The second kappa shape index (κ2) is 10.4. The van der Waals surface area contributed by atoms with E-state index in [1.807, 2.05) is 37.3 Å². The van der Waals surface area contributed by atoms with E-state index >= 15 is 0 Å². The second-order valence-corrected chi connectivity index (χ2v) is 6.92. The van der Waals surface area contributed by atoms with E-state index in [4.69, 9.17) is 9.84 Å². The molecule has 0 aromatic heterocycles. The van der Waals surface area contributed by atoms with Crippen LogP contribution >= 0.6 is 12.4 Å². The molecule has 156 valence electrons. The normalized spacial score (nSPS) is 22.0. The number of likely N-dealkylation sites (tertiary alicyclic amines) is 1. The predicted molar refractivity (Wildman–Crippen MR) is 109 cm³/mol. The van der Waals surface area contributed by atoms with Crippen LogP contribution in [0.5, 0.6) is 0 Å². The van der Waals surface area contributed by atoms with Crippen molar-refractivity contribution in [2.24, 2.45) is 0 Å². The molecule has 2 unspecified atom stereocenters. The summed E-state index contributed by atoms with van der Waals surface area (Å²) in [5.41, 5.74) is -0.427. The van der Waals surface area contributed by atoms with Crippen LogP contribution in [0, 0.1) is 0 Å². The predicted octanol–water partition coefficient (Wildman–Crippen LogP) is 2.72. The lowest BCUT2D eigenvalue weighted by Gasteiger charge is -2.49. The average molecular weight is 413 g/mol. The lowest BCUT2D eigenvalue weighted by atomic mass is 9.81. The number of ether oxygens (including phenoxy) is 1. The van der Waals surface area contributed by atoms with E-state index in [1.54, 1.807) is 11.8 Å². The Morgan fingerprint density at radius 2 is 1.93 bits per heavy atom. The van der Waals surface area contributed by atoms with Crippen molar-refractivity contribution in [1.82, 2.24) is 4.90 Å². The third-order valence-electron chi connectivity index (χ3n) is 5.24. The molecule has 1 aliphatic rings. The molecule has 1 N–H and O–H groups in total. The van der Waals surface area contributed by atoms with Crippen molar-refractivity contribution in [2.75, 3.05) is 25.1 Å². The van der Waals surface area contributed by atoms with Crippen molar-refractivity contribution in [2.45, 2.75) is 51.1 Å². The molecule has 2 rings (SSSR count). The van der Waals surface area contributed by atoms with Crippen LogP contribution in [0.15, 0.2) is 30.3 Å². The van der Waals surface area contributed by atoms with Gasteiger partial charge in [-0.1, -0.05) is 25.1 Å². The number of methoxy groups -OCH3 is 1. The molecule has 1 aliphatic heterocycles. The molecule has 1 aromatic rings. The minimum atomic E-state index is -1.09. The number of halogens is 1. The Morgan fingerprint density at radius 1 is 1.29 bits per heavy atom. The Morgan fingerprint density at radius 3 is 2.43 bits per heavy atom. The summed E-state index contributed by atoms with van der Waals surface area (Å²) in [6.45, 7) is 4.66. The molecular formula is C20H29ClN2O5. The number of hydrogen-bond donors (Lipinski definition) is 1. The van der Waals surface area contributed by atoms with Crippen molar-refractivity contribution < 1.29 is 24.2 Å². The van der Waals surface area contributed by atoms with Crippen molar-refractivity contribution in [3.8, 4) is 0 Å². The number of amides is 1. The average Bonchev–Trinajstić information content (AvgIpc) is 2.67. The molecule has 1 fully saturated rings. The number of nitrogens with zero attached hydrogens (tertiary/aromatic N) is 2. The highest BCUT2D eigenvalue weighted by Gasteiger charge is 2.51. The number of carbonyl (C=O) groups is 3. The first-order valence-electron chi connectivity index (χ1n) is 9.28. The van der Waals surface area contributed by atoms with E-state index in [0.717, 1.165) is 0 Å². The Bertz CT molecular complexity index is 684. The number of esters is 1. The molecule has 0 aliphatic carbocycles. The van der Waals surface area contributed by atoms with Crippen molar-refractivity contribution >= 4 is 35.9 Å². The van der Waals surface area contributed by atoms with Gasteiger partial charge in [-0.15, -0.1) is 12.4 Å². The van der Waals surface area contributed by atoms with Gasteiger partial charge in [-0.2, -0.15) is 0 Å². The van der Waals surface area contributed by atoms with Crippen LogP contribution in [-0.4, -0.2) is 59.6 Å². The number of carboxylic acid groups (broad SMARTS) is 1. The number of para-hydroxylation sites is 1. The molecule has 1 heterocycles. The van der Waals surface area contributed by atoms with Gasteiger partial charge in [0.1, 0.15) is 5.54 Å². The van der Waals surface area contributed by atoms with Gasteiger partial charge < -0.3 is 9.84 Å². The van der Waals surface area contributed by atoms with Gasteiger partial charge in [-0.05, 0) is 31.9 Å². The fourth-order valence-corrected chi connectivity index (χ4v) is 3.88. The zero-order valence-corrected chi connectivity index (χ0v) is 17.4. The molecule has 1 aromatic carbocycles. The molecule has 1 amide bonds. The summed E-state index contributed by atoms with van der Waals surface area (Å²) in [5, 5.41) is 8.95. The number of carbonyl (C=O) groups excluding carboxylic acids is 2. The maximum atomic E-state index is 12.9. The molecule has 0 bridgehead atoms. The van der Waals surface area contributed by atoms with Gasteiger partial charge in [-0.3, -0.25) is 19.4 Å². The fourth-order valence-electron chi connectivity index (χ4n) is 3.88. The fraction of sp³-hybridized carbons (Fsp3) is 0.550. The molecule has 1 saturated heterocycles. The lowest BCUT2D eigenvalue weighted by Crippen LogP contribution is -2.64. The summed E-state index contributed by atoms with van der Waals surface area (Å²) in [5.74, 6) is -1.42. The molecule has 0 radical (unpaired) electrons. The molecule has 7 nitrogen and oxygen atoms in total. The maximum absolute atomic E-state index is 12.9. The molecular weight excluding hydrogens is 384 g/mol. The third-order valence-corrected chi connectivity index (χ3v) is 5.24. The minimum absolute atomic E-state index is 0. The number of aliphatic carboxylic acids is 1. The highest BCUT2D eigenvalue weighted by Crippen LogP contribution is 2.37. The number of rotatable bonds is 7. The molecule has 0 spiro atoms. The van der Waals surface area contributed by atoms with Gasteiger partial charge in [0.15, 0.2) is 0 Å². The third kappa shape index (κ3) is 5.02. The van der Waals surface area contributed by atoms with Crippen LogP contribution in [0.1, 0.15) is 39.5 Å². The van der Waals surface area contributed by atoms with Crippen LogP contribution in [0.25, 0.3) is 0 Å². The largest absolute Gasteiger partial charge is 0.481 e. The van der Waals surface area contributed by atoms with E-state index in [-0.39, 0.29) is 37.2 Å². The van der Waals surface area contributed by atoms with Crippen LogP contribution in [0.2, 0.25) is 0 Å². The first-order valence-corrected chi connectivity index (χ1v) is 9.28.